The minimum absolute atomic E-state index is 0.0563. The SMILES string of the molecule is CCOC(=O)Cn1ccc2cccc(CNC(C)(C)C)c21. The second-order valence-corrected chi connectivity index (χ2v) is 6.21. The number of nitrogens with zero attached hydrogens (tertiary/aromatic N) is 1. The molecule has 0 aliphatic heterocycles. The maximum atomic E-state index is 11.7. The fraction of sp³-hybridized carbons (Fsp3) is 0.471. The van der Waals surface area contributed by atoms with E-state index in [-0.39, 0.29) is 18.1 Å². The van der Waals surface area contributed by atoms with Crippen LogP contribution in [0.25, 0.3) is 10.9 Å². The molecule has 0 aliphatic rings. The van der Waals surface area contributed by atoms with Gasteiger partial charge < -0.3 is 14.6 Å². The molecule has 21 heavy (non-hydrogen) atoms. The fourth-order valence-corrected chi connectivity index (χ4v) is 2.32. The summed E-state index contributed by atoms with van der Waals surface area (Å²) in [5.74, 6) is -0.200. The van der Waals surface area contributed by atoms with E-state index < -0.39 is 0 Å². The van der Waals surface area contributed by atoms with Crippen LogP contribution < -0.4 is 5.32 Å². The zero-order valence-electron chi connectivity index (χ0n) is 13.3. The molecule has 1 N–H and O–H groups in total. The van der Waals surface area contributed by atoms with Crippen molar-refractivity contribution in [3.63, 3.8) is 0 Å². The summed E-state index contributed by atoms with van der Waals surface area (Å²) in [5, 5.41) is 4.64. The minimum atomic E-state index is -0.200. The molecule has 1 aromatic carbocycles. The van der Waals surface area contributed by atoms with Gasteiger partial charge in [0.1, 0.15) is 6.54 Å². The van der Waals surface area contributed by atoms with E-state index in [2.05, 4.69) is 44.3 Å². The normalized spacial score (nSPS) is 11.8. The number of esters is 1. The lowest BCUT2D eigenvalue weighted by Crippen LogP contribution is -2.35. The number of carbonyl (C=O) groups excluding carboxylic acids is 1. The highest BCUT2D eigenvalue weighted by atomic mass is 16.5. The van der Waals surface area contributed by atoms with Gasteiger partial charge in [0.15, 0.2) is 0 Å². The van der Waals surface area contributed by atoms with Gasteiger partial charge in [0.2, 0.25) is 0 Å². The van der Waals surface area contributed by atoms with Crippen molar-refractivity contribution < 1.29 is 9.53 Å². The monoisotopic (exact) mass is 288 g/mol. The summed E-state index contributed by atoms with van der Waals surface area (Å²) in [7, 11) is 0. The Balaban J connectivity index is 2.28. The molecule has 2 aromatic rings. The van der Waals surface area contributed by atoms with Crippen molar-refractivity contribution in [3.8, 4) is 0 Å². The Morgan fingerprint density at radius 3 is 2.71 bits per heavy atom. The summed E-state index contributed by atoms with van der Waals surface area (Å²) in [6.07, 6.45) is 1.95. The maximum Gasteiger partial charge on any atom is 0.325 e. The molecule has 0 atom stereocenters. The van der Waals surface area contributed by atoms with Crippen LogP contribution in [0.5, 0.6) is 0 Å². The predicted molar refractivity (Wildman–Crippen MR) is 85.2 cm³/mol. The van der Waals surface area contributed by atoms with Crippen LogP contribution in [0.15, 0.2) is 30.5 Å². The molecule has 4 nitrogen and oxygen atoms in total. The molecule has 0 saturated heterocycles. The molecule has 2 rings (SSSR count). The van der Waals surface area contributed by atoms with Crippen molar-refractivity contribution >= 4 is 16.9 Å². The van der Waals surface area contributed by atoms with Crippen molar-refractivity contribution in [1.29, 1.82) is 0 Å². The first-order valence-corrected chi connectivity index (χ1v) is 7.38. The van der Waals surface area contributed by atoms with Gasteiger partial charge >= 0.3 is 5.97 Å². The highest BCUT2D eigenvalue weighted by Crippen LogP contribution is 2.21. The third-order valence-corrected chi connectivity index (χ3v) is 3.29. The Kier molecular flexibility index (Phi) is 4.68. The molecule has 0 unspecified atom stereocenters. The Labute approximate surface area is 126 Å². The molecule has 0 bridgehead atoms. The number of fused-ring (bicyclic) bond motifs is 1. The van der Waals surface area contributed by atoms with E-state index in [0.717, 1.165) is 17.4 Å². The summed E-state index contributed by atoms with van der Waals surface area (Å²) in [4.78, 5) is 11.7. The summed E-state index contributed by atoms with van der Waals surface area (Å²) in [5.41, 5.74) is 2.35. The number of para-hydroxylation sites is 1. The van der Waals surface area contributed by atoms with E-state index in [1.165, 1.54) is 5.56 Å². The second-order valence-electron chi connectivity index (χ2n) is 6.21. The molecule has 0 spiro atoms. The standard InChI is InChI=1S/C17H24N2O2/c1-5-21-15(20)12-19-10-9-13-7-6-8-14(16(13)19)11-18-17(2,3)4/h6-10,18H,5,11-12H2,1-4H3. The largest absolute Gasteiger partial charge is 0.465 e. The molecule has 114 valence electrons. The molecule has 0 radical (unpaired) electrons. The van der Waals surface area contributed by atoms with Gasteiger partial charge in [-0.05, 0) is 44.7 Å². The Morgan fingerprint density at radius 2 is 2.05 bits per heavy atom. The van der Waals surface area contributed by atoms with Crippen LogP contribution in [-0.4, -0.2) is 22.7 Å². The first-order valence-electron chi connectivity index (χ1n) is 7.38. The van der Waals surface area contributed by atoms with Gasteiger partial charge in [-0.25, -0.2) is 0 Å². The smallest absolute Gasteiger partial charge is 0.325 e. The molecular formula is C17H24N2O2. The van der Waals surface area contributed by atoms with Gasteiger partial charge in [0.05, 0.1) is 12.1 Å². The van der Waals surface area contributed by atoms with Crippen LogP contribution in [0.1, 0.15) is 33.3 Å². The van der Waals surface area contributed by atoms with Crippen LogP contribution >= 0.6 is 0 Å². The average Bonchev–Trinajstić information content (AvgIpc) is 2.79. The summed E-state index contributed by atoms with van der Waals surface area (Å²) in [6.45, 7) is 9.69. The van der Waals surface area contributed by atoms with Gasteiger partial charge in [-0.3, -0.25) is 4.79 Å². The zero-order chi connectivity index (χ0) is 15.5. The number of nitrogens with one attached hydrogen (secondary N) is 1. The number of aromatic nitrogens is 1. The number of benzene rings is 1. The van der Waals surface area contributed by atoms with Crippen molar-refractivity contribution in [2.75, 3.05) is 6.61 Å². The molecular weight excluding hydrogens is 264 g/mol. The van der Waals surface area contributed by atoms with Crippen LogP contribution in [0.4, 0.5) is 0 Å². The summed E-state index contributed by atoms with van der Waals surface area (Å²) in [6, 6.07) is 8.26. The lowest BCUT2D eigenvalue weighted by Gasteiger charge is -2.21. The van der Waals surface area contributed by atoms with Gasteiger partial charge in [-0.2, -0.15) is 0 Å². The van der Waals surface area contributed by atoms with E-state index in [9.17, 15) is 4.79 Å². The van der Waals surface area contributed by atoms with Crippen molar-refractivity contribution in [3.05, 3.63) is 36.0 Å². The average molecular weight is 288 g/mol. The van der Waals surface area contributed by atoms with Crippen molar-refractivity contribution in [1.82, 2.24) is 9.88 Å². The fourth-order valence-electron chi connectivity index (χ4n) is 2.32. The van der Waals surface area contributed by atoms with Crippen LogP contribution in [-0.2, 0) is 22.6 Å². The van der Waals surface area contributed by atoms with Gasteiger partial charge in [0, 0.05) is 18.3 Å². The third-order valence-electron chi connectivity index (χ3n) is 3.29. The van der Waals surface area contributed by atoms with Crippen molar-refractivity contribution in [2.45, 2.75) is 46.3 Å². The molecule has 4 heteroatoms. The first-order chi connectivity index (χ1) is 9.90. The van der Waals surface area contributed by atoms with E-state index in [1.807, 2.05) is 23.8 Å². The number of hydrogen-bond donors (Lipinski definition) is 1. The van der Waals surface area contributed by atoms with Gasteiger partial charge in [-0.1, -0.05) is 18.2 Å². The first kappa shape index (κ1) is 15.6. The quantitative estimate of drug-likeness (QED) is 0.860. The number of ether oxygens (including phenoxy) is 1. The Bertz CT molecular complexity index is 623. The van der Waals surface area contributed by atoms with E-state index >= 15 is 0 Å². The molecule has 0 amide bonds. The topological polar surface area (TPSA) is 43.3 Å². The second kappa shape index (κ2) is 6.31. The number of carbonyl (C=O) groups is 1. The zero-order valence-corrected chi connectivity index (χ0v) is 13.3. The maximum absolute atomic E-state index is 11.7. The van der Waals surface area contributed by atoms with Crippen LogP contribution in [0.3, 0.4) is 0 Å². The Morgan fingerprint density at radius 1 is 1.29 bits per heavy atom. The molecule has 1 aromatic heterocycles. The lowest BCUT2D eigenvalue weighted by molar-refractivity contribution is -0.143. The lowest BCUT2D eigenvalue weighted by atomic mass is 10.1. The molecule has 0 aliphatic carbocycles. The van der Waals surface area contributed by atoms with Gasteiger partial charge in [-0.15, -0.1) is 0 Å². The number of rotatable bonds is 5. The predicted octanol–water partition coefficient (Wildman–Crippen LogP) is 3.09. The van der Waals surface area contributed by atoms with E-state index in [4.69, 9.17) is 4.74 Å². The minimum Gasteiger partial charge on any atom is -0.465 e. The van der Waals surface area contributed by atoms with E-state index in [0.29, 0.717) is 6.61 Å². The number of hydrogen-bond acceptors (Lipinski definition) is 3. The highest BCUT2D eigenvalue weighted by molar-refractivity contribution is 5.85. The molecule has 0 fully saturated rings. The van der Waals surface area contributed by atoms with E-state index in [1.54, 1.807) is 0 Å². The summed E-state index contributed by atoms with van der Waals surface area (Å²) >= 11 is 0. The third kappa shape index (κ3) is 4.08. The molecule has 1 heterocycles. The van der Waals surface area contributed by atoms with Gasteiger partial charge in [0.25, 0.3) is 0 Å². The van der Waals surface area contributed by atoms with Crippen LogP contribution in [0, 0.1) is 0 Å². The Hall–Kier alpha value is -1.81. The highest BCUT2D eigenvalue weighted by Gasteiger charge is 2.13. The summed E-state index contributed by atoms with van der Waals surface area (Å²) < 4.78 is 7.01. The van der Waals surface area contributed by atoms with Crippen LogP contribution in [0.2, 0.25) is 0 Å². The van der Waals surface area contributed by atoms with Crippen molar-refractivity contribution in [2.24, 2.45) is 0 Å². The molecule has 0 saturated carbocycles.